The summed E-state index contributed by atoms with van der Waals surface area (Å²) in [6.07, 6.45) is 1.85. The van der Waals surface area contributed by atoms with Crippen molar-refractivity contribution in [3.05, 3.63) is 47.5 Å². The number of rotatable bonds is 1. The van der Waals surface area contributed by atoms with Crippen LogP contribution in [0.1, 0.15) is 24.1 Å². The second kappa shape index (κ2) is 3.96. The van der Waals surface area contributed by atoms with Crippen LogP contribution in [0, 0.1) is 5.82 Å². The van der Waals surface area contributed by atoms with E-state index in [0.29, 0.717) is 11.6 Å². The van der Waals surface area contributed by atoms with E-state index in [1.165, 1.54) is 11.6 Å². The minimum atomic E-state index is -0.239. The summed E-state index contributed by atoms with van der Waals surface area (Å²) in [5.74, 6) is 0.191. The van der Waals surface area contributed by atoms with Crippen molar-refractivity contribution in [1.82, 2.24) is 15.1 Å². The Morgan fingerprint density at radius 1 is 1.41 bits per heavy atom. The molecule has 3 rings (SSSR count). The number of benzene rings is 1. The van der Waals surface area contributed by atoms with E-state index in [4.69, 9.17) is 0 Å². The molecule has 2 aromatic rings. The summed E-state index contributed by atoms with van der Waals surface area (Å²) >= 11 is 0. The van der Waals surface area contributed by atoms with Gasteiger partial charge >= 0.3 is 0 Å². The molecule has 1 aliphatic heterocycles. The lowest BCUT2D eigenvalue weighted by atomic mass is 9.98. The topological polar surface area (TPSA) is 29.9 Å². The Hall–Kier alpha value is -1.68. The molecule has 0 saturated carbocycles. The third-order valence-electron chi connectivity index (χ3n) is 3.26. The van der Waals surface area contributed by atoms with E-state index in [-0.39, 0.29) is 5.82 Å². The van der Waals surface area contributed by atoms with E-state index < -0.39 is 0 Å². The van der Waals surface area contributed by atoms with Crippen molar-refractivity contribution < 1.29 is 4.39 Å². The molecule has 0 radical (unpaired) electrons. The molecule has 0 fully saturated rings. The monoisotopic (exact) mass is 231 g/mol. The number of aromatic nitrogens is 2. The molecule has 1 aromatic heterocycles. The Kier molecular flexibility index (Phi) is 2.44. The maximum atomic E-state index is 13.7. The number of hydrogen-bond donors (Lipinski definition) is 1. The summed E-state index contributed by atoms with van der Waals surface area (Å²) in [5, 5.41) is 7.64. The van der Waals surface area contributed by atoms with Gasteiger partial charge in [-0.3, -0.25) is 0 Å². The molecule has 1 aliphatic rings. The highest BCUT2D eigenvalue weighted by Crippen LogP contribution is 2.25. The highest BCUT2D eigenvalue weighted by Gasteiger charge is 2.21. The first kappa shape index (κ1) is 10.5. The summed E-state index contributed by atoms with van der Waals surface area (Å²) in [6, 6.07) is 6.73. The molecule has 1 atom stereocenters. The highest BCUT2D eigenvalue weighted by atomic mass is 19.1. The first-order valence-electron chi connectivity index (χ1n) is 5.80. The van der Waals surface area contributed by atoms with E-state index >= 15 is 0 Å². The number of nitrogens with one attached hydrogen (secondary N) is 1. The minimum absolute atomic E-state index is 0.239. The standard InChI is InChI=1S/C13H14FN3/c1-9-6-15-8-13-10(9)7-16-17(13)12-5-3-2-4-11(12)14/h2-5,7,9,15H,6,8H2,1H3. The number of hydrogen-bond acceptors (Lipinski definition) is 2. The molecular formula is C13H14FN3. The molecule has 88 valence electrons. The zero-order valence-electron chi connectivity index (χ0n) is 9.65. The smallest absolute Gasteiger partial charge is 0.148 e. The summed E-state index contributed by atoms with van der Waals surface area (Å²) in [7, 11) is 0. The van der Waals surface area contributed by atoms with Crippen LogP contribution in [0.25, 0.3) is 5.69 Å². The van der Waals surface area contributed by atoms with Gasteiger partial charge in [-0.15, -0.1) is 0 Å². The van der Waals surface area contributed by atoms with Crippen molar-refractivity contribution in [2.24, 2.45) is 0 Å². The van der Waals surface area contributed by atoms with Crippen molar-refractivity contribution in [2.75, 3.05) is 6.54 Å². The maximum Gasteiger partial charge on any atom is 0.148 e. The van der Waals surface area contributed by atoms with Crippen molar-refractivity contribution in [2.45, 2.75) is 19.4 Å². The maximum absolute atomic E-state index is 13.7. The SMILES string of the molecule is CC1CNCc2c1cnn2-c1ccccc1F. The second-order valence-corrected chi connectivity index (χ2v) is 4.44. The summed E-state index contributed by atoms with van der Waals surface area (Å²) < 4.78 is 15.4. The van der Waals surface area contributed by atoms with Crippen molar-refractivity contribution in [3.8, 4) is 5.69 Å². The molecule has 0 aliphatic carbocycles. The lowest BCUT2D eigenvalue weighted by Crippen LogP contribution is -2.27. The van der Waals surface area contributed by atoms with Gasteiger partial charge in [-0.1, -0.05) is 19.1 Å². The Morgan fingerprint density at radius 2 is 2.24 bits per heavy atom. The Labute approximate surface area is 99.3 Å². The molecule has 1 aromatic carbocycles. The molecular weight excluding hydrogens is 217 g/mol. The largest absolute Gasteiger partial charge is 0.311 e. The van der Waals surface area contributed by atoms with Gasteiger partial charge in [0, 0.05) is 13.1 Å². The van der Waals surface area contributed by atoms with Crippen molar-refractivity contribution >= 4 is 0 Å². The van der Waals surface area contributed by atoms with Gasteiger partial charge in [-0.2, -0.15) is 5.10 Å². The lowest BCUT2D eigenvalue weighted by molar-refractivity contribution is 0.547. The predicted molar refractivity (Wildman–Crippen MR) is 63.6 cm³/mol. The zero-order chi connectivity index (χ0) is 11.8. The van der Waals surface area contributed by atoms with Gasteiger partial charge in [0.05, 0.1) is 11.9 Å². The summed E-state index contributed by atoms with van der Waals surface area (Å²) in [4.78, 5) is 0. The molecule has 0 bridgehead atoms. The van der Waals surface area contributed by atoms with E-state index in [1.54, 1.807) is 16.8 Å². The molecule has 17 heavy (non-hydrogen) atoms. The summed E-state index contributed by atoms with van der Waals surface area (Å²) in [5.41, 5.74) is 2.80. The van der Waals surface area contributed by atoms with Crippen molar-refractivity contribution in [1.29, 1.82) is 0 Å². The van der Waals surface area contributed by atoms with Gasteiger partial charge < -0.3 is 5.32 Å². The van der Waals surface area contributed by atoms with Crippen LogP contribution >= 0.6 is 0 Å². The molecule has 0 saturated heterocycles. The molecule has 0 amide bonds. The Morgan fingerprint density at radius 3 is 3.06 bits per heavy atom. The van der Waals surface area contributed by atoms with Gasteiger partial charge in [-0.05, 0) is 23.6 Å². The second-order valence-electron chi connectivity index (χ2n) is 4.44. The number of fused-ring (bicyclic) bond motifs is 1. The zero-order valence-corrected chi connectivity index (χ0v) is 9.65. The van der Waals surface area contributed by atoms with E-state index in [1.807, 2.05) is 12.3 Å². The average Bonchev–Trinajstić information content (AvgIpc) is 2.75. The normalized spacial score (nSPS) is 19.1. The van der Waals surface area contributed by atoms with Gasteiger partial charge in [0.25, 0.3) is 0 Å². The summed E-state index contributed by atoms with van der Waals surface area (Å²) in [6.45, 7) is 3.85. The first-order chi connectivity index (χ1) is 8.27. The lowest BCUT2D eigenvalue weighted by Gasteiger charge is -2.20. The first-order valence-corrected chi connectivity index (χ1v) is 5.80. The fourth-order valence-corrected chi connectivity index (χ4v) is 2.32. The van der Waals surface area contributed by atoms with Crippen LogP contribution in [0.15, 0.2) is 30.5 Å². The van der Waals surface area contributed by atoms with Crippen molar-refractivity contribution in [3.63, 3.8) is 0 Å². The number of halogens is 1. The molecule has 1 unspecified atom stereocenters. The van der Waals surface area contributed by atoms with Crippen LogP contribution in [0.5, 0.6) is 0 Å². The minimum Gasteiger partial charge on any atom is -0.311 e. The third-order valence-corrected chi connectivity index (χ3v) is 3.26. The van der Waals surface area contributed by atoms with Crippen LogP contribution in [0.2, 0.25) is 0 Å². The molecule has 4 heteroatoms. The van der Waals surface area contributed by atoms with E-state index in [2.05, 4.69) is 17.3 Å². The molecule has 3 nitrogen and oxygen atoms in total. The molecule has 2 heterocycles. The van der Waals surface area contributed by atoms with Crippen LogP contribution < -0.4 is 5.32 Å². The fourth-order valence-electron chi connectivity index (χ4n) is 2.32. The number of para-hydroxylation sites is 1. The van der Waals surface area contributed by atoms with Crippen LogP contribution in [0.4, 0.5) is 4.39 Å². The Balaban J connectivity index is 2.14. The van der Waals surface area contributed by atoms with Crippen LogP contribution in [-0.2, 0) is 6.54 Å². The molecule has 1 N–H and O–H groups in total. The van der Waals surface area contributed by atoms with Gasteiger partial charge in [0.15, 0.2) is 0 Å². The quantitative estimate of drug-likeness (QED) is 0.815. The fraction of sp³-hybridized carbons (Fsp3) is 0.308. The molecule has 0 spiro atoms. The van der Waals surface area contributed by atoms with E-state index in [0.717, 1.165) is 18.8 Å². The van der Waals surface area contributed by atoms with Gasteiger partial charge in [-0.25, -0.2) is 9.07 Å². The van der Waals surface area contributed by atoms with E-state index in [9.17, 15) is 4.39 Å². The average molecular weight is 231 g/mol. The van der Waals surface area contributed by atoms with Crippen LogP contribution in [-0.4, -0.2) is 16.3 Å². The predicted octanol–water partition coefficient (Wildman–Crippen LogP) is 2.22. The highest BCUT2D eigenvalue weighted by molar-refractivity contribution is 5.38. The number of nitrogens with zero attached hydrogens (tertiary/aromatic N) is 2. The van der Waals surface area contributed by atoms with Crippen LogP contribution in [0.3, 0.4) is 0 Å². The van der Waals surface area contributed by atoms with Gasteiger partial charge in [0.1, 0.15) is 11.5 Å². The Bertz CT molecular complexity index is 547. The van der Waals surface area contributed by atoms with Gasteiger partial charge in [0.2, 0.25) is 0 Å². The third kappa shape index (κ3) is 1.65.